The van der Waals surface area contributed by atoms with Gasteiger partial charge in [0.1, 0.15) is 0 Å². The Hall–Kier alpha value is -2.34. The molecule has 0 saturated carbocycles. The van der Waals surface area contributed by atoms with Crippen LogP contribution in [0, 0.1) is 0 Å². The second-order valence-corrected chi connectivity index (χ2v) is 4.72. The summed E-state index contributed by atoms with van der Waals surface area (Å²) < 4.78 is 5.85. The van der Waals surface area contributed by atoms with Gasteiger partial charge in [-0.2, -0.15) is 0 Å². The van der Waals surface area contributed by atoms with Crippen LogP contribution in [0.1, 0.15) is 16.1 Å². The Labute approximate surface area is 123 Å². The van der Waals surface area contributed by atoms with E-state index in [9.17, 15) is 9.59 Å². The average Bonchev–Trinajstić information content (AvgIpc) is 2.98. The zero-order chi connectivity index (χ0) is 14.4. The summed E-state index contributed by atoms with van der Waals surface area (Å²) in [5.41, 5.74) is 5.37. The van der Waals surface area contributed by atoms with Crippen molar-refractivity contribution in [2.45, 2.75) is 0 Å². The van der Waals surface area contributed by atoms with Gasteiger partial charge in [0.2, 0.25) is 0 Å². The van der Waals surface area contributed by atoms with Crippen molar-refractivity contribution in [1.82, 2.24) is 10.9 Å². The lowest BCUT2D eigenvalue weighted by Gasteiger charge is -2.02. The fourth-order valence-electron chi connectivity index (χ4n) is 1.38. The van der Waals surface area contributed by atoms with Crippen molar-refractivity contribution in [2.24, 2.45) is 0 Å². The highest BCUT2D eigenvalue weighted by atomic mass is 79.9. The van der Waals surface area contributed by atoms with Gasteiger partial charge in [0.25, 0.3) is 5.91 Å². The molecule has 2 amide bonds. The molecule has 0 aliphatic carbocycles. The number of amides is 2. The second kappa shape index (κ2) is 6.72. The number of nitrogens with one attached hydrogen (secondary N) is 2. The maximum Gasteiger partial charge on any atom is 0.305 e. The van der Waals surface area contributed by atoms with E-state index >= 15 is 0 Å². The normalized spacial score (nSPS) is 10.4. The molecule has 2 rings (SSSR count). The van der Waals surface area contributed by atoms with Crippen molar-refractivity contribution in [1.29, 1.82) is 0 Å². The molecular formula is C14H11BrN2O3. The third-order valence-electron chi connectivity index (χ3n) is 2.34. The van der Waals surface area contributed by atoms with Crippen LogP contribution >= 0.6 is 15.9 Å². The maximum absolute atomic E-state index is 11.5. The SMILES string of the molecule is O=C(/C=C/c1ccc(Br)cc1)NNC(=O)c1ccco1. The summed E-state index contributed by atoms with van der Waals surface area (Å²) in [6.45, 7) is 0. The van der Waals surface area contributed by atoms with Crippen molar-refractivity contribution in [3.05, 3.63) is 64.5 Å². The number of carbonyl (C=O) groups excluding carboxylic acids is 2. The summed E-state index contributed by atoms with van der Waals surface area (Å²) in [4.78, 5) is 23.0. The summed E-state index contributed by atoms with van der Waals surface area (Å²) >= 11 is 3.33. The number of hydrogen-bond donors (Lipinski definition) is 2. The van der Waals surface area contributed by atoms with Gasteiger partial charge in [0, 0.05) is 10.5 Å². The van der Waals surface area contributed by atoms with E-state index in [-0.39, 0.29) is 5.76 Å². The Morgan fingerprint density at radius 3 is 2.50 bits per heavy atom. The minimum absolute atomic E-state index is 0.127. The largest absolute Gasteiger partial charge is 0.459 e. The van der Waals surface area contributed by atoms with Crippen LogP contribution in [0.2, 0.25) is 0 Å². The van der Waals surface area contributed by atoms with Crippen LogP contribution in [0.3, 0.4) is 0 Å². The lowest BCUT2D eigenvalue weighted by atomic mass is 10.2. The zero-order valence-electron chi connectivity index (χ0n) is 10.3. The first kappa shape index (κ1) is 14.1. The first-order valence-electron chi connectivity index (χ1n) is 5.72. The van der Waals surface area contributed by atoms with Crippen LogP contribution in [-0.4, -0.2) is 11.8 Å². The molecule has 102 valence electrons. The molecule has 0 bridgehead atoms. The monoisotopic (exact) mass is 334 g/mol. The van der Waals surface area contributed by atoms with Crippen molar-refractivity contribution in [3.63, 3.8) is 0 Å². The third-order valence-corrected chi connectivity index (χ3v) is 2.87. The summed E-state index contributed by atoms with van der Waals surface area (Å²) in [7, 11) is 0. The molecular weight excluding hydrogens is 324 g/mol. The maximum atomic E-state index is 11.5. The number of carbonyl (C=O) groups is 2. The molecule has 6 heteroatoms. The highest BCUT2D eigenvalue weighted by Crippen LogP contribution is 2.11. The lowest BCUT2D eigenvalue weighted by Crippen LogP contribution is -2.40. The first-order chi connectivity index (χ1) is 9.65. The van der Waals surface area contributed by atoms with Gasteiger partial charge in [0.05, 0.1) is 6.26 Å². The van der Waals surface area contributed by atoms with Gasteiger partial charge < -0.3 is 4.42 Å². The van der Waals surface area contributed by atoms with Crippen LogP contribution < -0.4 is 10.9 Å². The van der Waals surface area contributed by atoms with E-state index in [0.717, 1.165) is 10.0 Å². The predicted molar refractivity (Wildman–Crippen MR) is 77.5 cm³/mol. The molecule has 0 radical (unpaired) electrons. The smallest absolute Gasteiger partial charge is 0.305 e. The van der Waals surface area contributed by atoms with E-state index in [1.54, 1.807) is 12.1 Å². The highest BCUT2D eigenvalue weighted by molar-refractivity contribution is 9.10. The summed E-state index contributed by atoms with van der Waals surface area (Å²) in [5.74, 6) is -0.824. The molecule has 0 aliphatic heterocycles. The minimum atomic E-state index is -0.514. The van der Waals surface area contributed by atoms with Crippen LogP contribution in [-0.2, 0) is 4.79 Å². The molecule has 20 heavy (non-hydrogen) atoms. The molecule has 0 fully saturated rings. The van der Waals surface area contributed by atoms with Gasteiger partial charge in [-0.25, -0.2) is 0 Å². The van der Waals surface area contributed by atoms with Crippen LogP contribution in [0.25, 0.3) is 6.08 Å². The van der Waals surface area contributed by atoms with E-state index in [4.69, 9.17) is 4.42 Å². The number of rotatable bonds is 3. The second-order valence-electron chi connectivity index (χ2n) is 3.81. The summed E-state index contributed by atoms with van der Waals surface area (Å²) in [5, 5.41) is 0. The standard InChI is InChI=1S/C14H11BrN2O3/c15-11-6-3-10(4-7-11)5-8-13(18)16-17-14(19)12-2-1-9-20-12/h1-9H,(H,16,18)(H,17,19)/b8-5+. The van der Waals surface area contributed by atoms with Crippen molar-refractivity contribution < 1.29 is 14.0 Å². The quantitative estimate of drug-likeness (QED) is 0.669. The zero-order valence-corrected chi connectivity index (χ0v) is 11.9. The molecule has 0 spiro atoms. The van der Waals surface area contributed by atoms with Gasteiger partial charge in [-0.3, -0.25) is 20.4 Å². The summed E-state index contributed by atoms with van der Waals surface area (Å²) in [6.07, 6.45) is 4.34. The van der Waals surface area contributed by atoms with E-state index in [1.165, 1.54) is 18.4 Å². The lowest BCUT2D eigenvalue weighted by molar-refractivity contribution is -0.117. The molecule has 0 unspecified atom stereocenters. The van der Waals surface area contributed by atoms with E-state index in [0.29, 0.717) is 0 Å². The van der Waals surface area contributed by atoms with Gasteiger partial charge in [-0.1, -0.05) is 28.1 Å². The Kier molecular flexibility index (Phi) is 4.73. The van der Waals surface area contributed by atoms with Crippen molar-refractivity contribution in [2.75, 3.05) is 0 Å². The number of halogens is 1. The number of hydrogen-bond acceptors (Lipinski definition) is 3. The van der Waals surface area contributed by atoms with E-state index in [1.807, 2.05) is 24.3 Å². The van der Waals surface area contributed by atoms with Gasteiger partial charge in [-0.15, -0.1) is 0 Å². The Morgan fingerprint density at radius 1 is 1.10 bits per heavy atom. The van der Waals surface area contributed by atoms with Crippen molar-refractivity contribution >= 4 is 33.8 Å². The molecule has 2 aromatic rings. The average molecular weight is 335 g/mol. The molecule has 2 N–H and O–H groups in total. The highest BCUT2D eigenvalue weighted by Gasteiger charge is 2.07. The number of benzene rings is 1. The predicted octanol–water partition coefficient (Wildman–Crippen LogP) is 2.52. The molecule has 1 aromatic heterocycles. The molecule has 5 nitrogen and oxygen atoms in total. The summed E-state index contributed by atoms with van der Waals surface area (Å²) in [6, 6.07) is 10.5. The van der Waals surface area contributed by atoms with Crippen LogP contribution in [0.15, 0.2) is 57.6 Å². The molecule has 0 atom stereocenters. The van der Waals surface area contributed by atoms with Gasteiger partial charge in [-0.05, 0) is 35.9 Å². The third kappa shape index (κ3) is 4.10. The Morgan fingerprint density at radius 2 is 1.85 bits per heavy atom. The molecule has 0 saturated heterocycles. The Balaban J connectivity index is 1.83. The van der Waals surface area contributed by atoms with Gasteiger partial charge in [0.15, 0.2) is 5.76 Å². The fraction of sp³-hybridized carbons (Fsp3) is 0. The molecule has 1 heterocycles. The topological polar surface area (TPSA) is 71.3 Å². The number of hydrazine groups is 1. The molecule has 0 aliphatic rings. The Bertz CT molecular complexity index is 618. The van der Waals surface area contributed by atoms with Crippen LogP contribution in [0.5, 0.6) is 0 Å². The molecule has 1 aromatic carbocycles. The van der Waals surface area contributed by atoms with Gasteiger partial charge >= 0.3 is 5.91 Å². The number of furan rings is 1. The van der Waals surface area contributed by atoms with E-state index in [2.05, 4.69) is 26.8 Å². The first-order valence-corrected chi connectivity index (χ1v) is 6.52. The van der Waals surface area contributed by atoms with Crippen LogP contribution in [0.4, 0.5) is 0 Å². The minimum Gasteiger partial charge on any atom is -0.459 e. The fourth-order valence-corrected chi connectivity index (χ4v) is 1.64. The van der Waals surface area contributed by atoms with E-state index < -0.39 is 11.8 Å². The van der Waals surface area contributed by atoms with Crippen molar-refractivity contribution in [3.8, 4) is 0 Å².